The maximum Gasteiger partial charge on any atom is 0.205 e. The molecule has 0 radical (unpaired) electrons. The number of benzene rings is 2. The Balaban J connectivity index is 1.69. The lowest BCUT2D eigenvalue weighted by Gasteiger charge is -2.11. The summed E-state index contributed by atoms with van der Waals surface area (Å²) in [7, 11) is 0. The van der Waals surface area contributed by atoms with Crippen molar-refractivity contribution in [3.05, 3.63) is 81.5 Å². The summed E-state index contributed by atoms with van der Waals surface area (Å²) in [6.45, 7) is 4.47. The van der Waals surface area contributed by atoms with E-state index in [1.54, 1.807) is 12.1 Å². The molecular formula is C21H18Cl2N4OS. The van der Waals surface area contributed by atoms with Gasteiger partial charge in [0.05, 0.1) is 23.0 Å². The third-order valence-corrected chi connectivity index (χ3v) is 5.97. The zero-order chi connectivity index (χ0) is 20.4. The predicted molar refractivity (Wildman–Crippen MR) is 117 cm³/mol. The van der Waals surface area contributed by atoms with Gasteiger partial charge in [-0.05, 0) is 37.6 Å². The Morgan fingerprint density at radius 1 is 1.03 bits per heavy atom. The highest BCUT2D eigenvalue weighted by molar-refractivity contribution is 7.98. The number of nitrogens with zero attached hydrogens (tertiary/aromatic N) is 4. The highest BCUT2D eigenvalue weighted by Gasteiger charge is 2.18. The molecule has 0 saturated carbocycles. The largest absolute Gasteiger partial charge is 0.445 e. The van der Waals surface area contributed by atoms with Gasteiger partial charge in [0.2, 0.25) is 5.89 Å². The van der Waals surface area contributed by atoms with Crippen LogP contribution in [0.15, 0.2) is 58.1 Å². The van der Waals surface area contributed by atoms with E-state index in [0.29, 0.717) is 34.1 Å². The van der Waals surface area contributed by atoms with Crippen LogP contribution < -0.4 is 0 Å². The molecule has 0 N–H and O–H groups in total. The molecule has 0 unspecified atom stereocenters. The van der Waals surface area contributed by atoms with Gasteiger partial charge in [-0.1, -0.05) is 65.3 Å². The van der Waals surface area contributed by atoms with Crippen molar-refractivity contribution in [2.24, 2.45) is 0 Å². The van der Waals surface area contributed by atoms with E-state index in [0.717, 1.165) is 27.7 Å². The fraction of sp³-hybridized carbons (Fsp3) is 0.190. The first kappa shape index (κ1) is 20.0. The standard InChI is InChI=1S/C21H18Cl2N4OS/c1-13-14(2)28-19(24-13)12-29-21-26-25-20(17-9-8-16(22)10-18(17)23)27(21)11-15-6-4-3-5-7-15/h3-10H,11-12H2,1-2H3. The van der Waals surface area contributed by atoms with Crippen molar-refractivity contribution < 1.29 is 4.42 Å². The topological polar surface area (TPSA) is 56.7 Å². The van der Waals surface area contributed by atoms with Crippen molar-refractivity contribution in [3.8, 4) is 11.4 Å². The van der Waals surface area contributed by atoms with Crippen LogP contribution in [0.4, 0.5) is 0 Å². The minimum atomic E-state index is 0.537. The predicted octanol–water partition coefficient (Wildman–Crippen LogP) is 6.20. The highest BCUT2D eigenvalue weighted by Crippen LogP contribution is 2.32. The lowest BCUT2D eigenvalue weighted by molar-refractivity contribution is 0.489. The summed E-state index contributed by atoms with van der Waals surface area (Å²) >= 11 is 14.0. The van der Waals surface area contributed by atoms with Crippen LogP contribution >= 0.6 is 35.0 Å². The van der Waals surface area contributed by atoms with Crippen LogP contribution in [0.2, 0.25) is 10.0 Å². The molecule has 0 spiro atoms. The quantitative estimate of drug-likeness (QED) is 0.331. The second-order valence-corrected chi connectivity index (χ2v) is 8.33. The summed E-state index contributed by atoms with van der Waals surface area (Å²) in [4.78, 5) is 4.45. The minimum absolute atomic E-state index is 0.537. The summed E-state index contributed by atoms with van der Waals surface area (Å²) < 4.78 is 7.75. The van der Waals surface area contributed by atoms with Crippen molar-refractivity contribution in [1.82, 2.24) is 19.7 Å². The Kier molecular flexibility index (Phi) is 5.94. The molecule has 2 aromatic heterocycles. The molecule has 0 bridgehead atoms. The van der Waals surface area contributed by atoms with Gasteiger partial charge in [0.25, 0.3) is 0 Å². The van der Waals surface area contributed by atoms with Gasteiger partial charge in [-0.3, -0.25) is 4.57 Å². The second kappa shape index (κ2) is 8.61. The van der Waals surface area contributed by atoms with Gasteiger partial charge in [0.15, 0.2) is 11.0 Å². The van der Waals surface area contributed by atoms with Crippen LogP contribution in [0.1, 0.15) is 22.9 Å². The number of aromatic nitrogens is 4. The first-order valence-electron chi connectivity index (χ1n) is 8.99. The molecule has 0 amide bonds. The summed E-state index contributed by atoms with van der Waals surface area (Å²) in [5.74, 6) is 2.76. The van der Waals surface area contributed by atoms with Crippen molar-refractivity contribution in [1.29, 1.82) is 0 Å². The van der Waals surface area contributed by atoms with Crippen molar-refractivity contribution in [2.75, 3.05) is 0 Å². The van der Waals surface area contributed by atoms with Gasteiger partial charge in [-0.15, -0.1) is 10.2 Å². The molecule has 2 aromatic carbocycles. The van der Waals surface area contributed by atoms with Crippen LogP contribution in [0.5, 0.6) is 0 Å². The highest BCUT2D eigenvalue weighted by atomic mass is 35.5. The van der Waals surface area contributed by atoms with Gasteiger partial charge in [-0.2, -0.15) is 0 Å². The molecule has 4 aromatic rings. The zero-order valence-corrected chi connectivity index (χ0v) is 18.2. The SMILES string of the molecule is Cc1nc(CSc2nnc(-c3ccc(Cl)cc3Cl)n2Cc2ccccc2)oc1C. The van der Waals surface area contributed by atoms with Crippen LogP contribution in [-0.4, -0.2) is 19.7 Å². The Bertz CT molecular complexity index is 1120. The van der Waals surface area contributed by atoms with E-state index in [9.17, 15) is 0 Å². The fourth-order valence-corrected chi connectivity index (χ4v) is 4.18. The Morgan fingerprint density at radius 3 is 2.52 bits per heavy atom. The molecule has 5 nitrogen and oxygen atoms in total. The molecule has 8 heteroatoms. The minimum Gasteiger partial charge on any atom is -0.445 e. The Labute approximate surface area is 183 Å². The van der Waals surface area contributed by atoms with E-state index in [1.165, 1.54) is 11.8 Å². The van der Waals surface area contributed by atoms with Gasteiger partial charge in [0.1, 0.15) is 5.76 Å². The molecule has 0 aliphatic heterocycles. The normalized spacial score (nSPS) is 11.2. The number of thioether (sulfide) groups is 1. The average Bonchev–Trinajstić information content (AvgIpc) is 3.24. The van der Waals surface area contributed by atoms with Gasteiger partial charge in [0, 0.05) is 10.6 Å². The zero-order valence-electron chi connectivity index (χ0n) is 15.9. The van der Waals surface area contributed by atoms with Crippen molar-refractivity contribution in [2.45, 2.75) is 31.3 Å². The number of halogens is 2. The summed E-state index contributed by atoms with van der Waals surface area (Å²) in [6, 6.07) is 15.5. The first-order valence-corrected chi connectivity index (χ1v) is 10.7. The van der Waals surface area contributed by atoms with Gasteiger partial charge in [-0.25, -0.2) is 4.98 Å². The average molecular weight is 445 g/mol. The molecule has 0 aliphatic rings. The van der Waals surface area contributed by atoms with E-state index in [4.69, 9.17) is 27.6 Å². The molecule has 148 valence electrons. The third-order valence-electron chi connectivity index (χ3n) is 4.47. The molecule has 0 atom stereocenters. The van der Waals surface area contributed by atoms with Crippen LogP contribution in [0, 0.1) is 13.8 Å². The summed E-state index contributed by atoms with van der Waals surface area (Å²) in [5, 5.41) is 10.7. The van der Waals surface area contributed by atoms with E-state index < -0.39 is 0 Å². The fourth-order valence-electron chi connectivity index (χ4n) is 2.90. The summed E-state index contributed by atoms with van der Waals surface area (Å²) in [6.07, 6.45) is 0. The summed E-state index contributed by atoms with van der Waals surface area (Å²) in [5.41, 5.74) is 2.83. The van der Waals surface area contributed by atoms with E-state index in [1.807, 2.05) is 38.1 Å². The van der Waals surface area contributed by atoms with Crippen LogP contribution in [0.3, 0.4) is 0 Å². The van der Waals surface area contributed by atoms with Gasteiger partial charge >= 0.3 is 0 Å². The molecule has 0 fully saturated rings. The lowest BCUT2D eigenvalue weighted by Crippen LogP contribution is -2.04. The Hall–Kier alpha value is -2.28. The molecule has 0 saturated heterocycles. The van der Waals surface area contributed by atoms with Crippen LogP contribution in [-0.2, 0) is 12.3 Å². The number of rotatable bonds is 6. The smallest absolute Gasteiger partial charge is 0.205 e. The maximum atomic E-state index is 6.44. The first-order chi connectivity index (χ1) is 14.0. The number of hydrogen-bond acceptors (Lipinski definition) is 5. The second-order valence-electron chi connectivity index (χ2n) is 6.54. The van der Waals surface area contributed by atoms with E-state index in [2.05, 4.69) is 31.9 Å². The molecule has 4 rings (SSSR count). The maximum absolute atomic E-state index is 6.44. The van der Waals surface area contributed by atoms with Crippen molar-refractivity contribution in [3.63, 3.8) is 0 Å². The molecular weight excluding hydrogens is 427 g/mol. The number of hydrogen-bond donors (Lipinski definition) is 0. The van der Waals surface area contributed by atoms with Crippen LogP contribution in [0.25, 0.3) is 11.4 Å². The van der Waals surface area contributed by atoms with E-state index >= 15 is 0 Å². The monoisotopic (exact) mass is 444 g/mol. The van der Waals surface area contributed by atoms with Crippen molar-refractivity contribution >= 4 is 35.0 Å². The third kappa shape index (κ3) is 4.50. The molecule has 2 heterocycles. The Morgan fingerprint density at radius 2 is 1.83 bits per heavy atom. The number of aryl methyl sites for hydroxylation is 2. The molecule has 29 heavy (non-hydrogen) atoms. The van der Waals surface area contributed by atoms with Gasteiger partial charge < -0.3 is 4.42 Å². The number of oxazole rings is 1. The lowest BCUT2D eigenvalue weighted by atomic mass is 10.2. The van der Waals surface area contributed by atoms with E-state index in [-0.39, 0.29) is 0 Å². The molecule has 0 aliphatic carbocycles.